The van der Waals surface area contributed by atoms with Crippen LogP contribution >= 0.6 is 0 Å². The van der Waals surface area contributed by atoms with Gasteiger partial charge in [-0.05, 0) is 73.4 Å². The zero-order valence-electron chi connectivity index (χ0n) is 19.1. The standard InChI is InChI=1S/C28H25F3N2O2/c1-18(19-6-3-2-4-7-19)32-25-17-26(20-8-5-9-24(16-20)35-23-14-15-23)33(27(25)34)22-12-10-21(11-13-22)28(29,30)31/h2-13,16-18,23,26,32H,14-15H2,1H3/t18-,26?/m1/s1. The topological polar surface area (TPSA) is 41.6 Å². The maximum atomic E-state index is 13.6. The summed E-state index contributed by atoms with van der Waals surface area (Å²) in [7, 11) is 0. The Kier molecular flexibility index (Phi) is 6.01. The van der Waals surface area contributed by atoms with Gasteiger partial charge in [-0.25, -0.2) is 0 Å². The van der Waals surface area contributed by atoms with Crippen molar-refractivity contribution >= 4 is 11.6 Å². The number of ether oxygens (including phenoxy) is 1. The van der Waals surface area contributed by atoms with Crippen molar-refractivity contribution in [2.45, 2.75) is 44.1 Å². The molecule has 1 amide bonds. The van der Waals surface area contributed by atoms with E-state index < -0.39 is 17.8 Å². The number of anilines is 1. The third-order valence-corrected chi connectivity index (χ3v) is 6.22. The highest BCUT2D eigenvalue weighted by atomic mass is 19.4. The Hall–Kier alpha value is -3.74. The van der Waals surface area contributed by atoms with Gasteiger partial charge in [0.25, 0.3) is 5.91 Å². The molecule has 1 heterocycles. The average molecular weight is 479 g/mol. The molecule has 35 heavy (non-hydrogen) atoms. The van der Waals surface area contributed by atoms with Crippen LogP contribution in [0.1, 0.15) is 48.5 Å². The van der Waals surface area contributed by atoms with Crippen molar-refractivity contribution in [1.29, 1.82) is 0 Å². The normalized spacial score (nSPS) is 18.9. The number of carbonyl (C=O) groups excluding carboxylic acids is 1. The van der Waals surface area contributed by atoms with E-state index in [1.165, 1.54) is 17.0 Å². The molecule has 3 aromatic rings. The molecule has 180 valence electrons. The van der Waals surface area contributed by atoms with Gasteiger partial charge in [-0.3, -0.25) is 9.69 Å². The molecule has 0 saturated heterocycles. The maximum absolute atomic E-state index is 13.6. The molecule has 7 heteroatoms. The number of alkyl halides is 3. The number of carbonyl (C=O) groups is 1. The third kappa shape index (κ3) is 5.04. The molecule has 1 aliphatic carbocycles. The molecule has 4 nitrogen and oxygen atoms in total. The molecule has 1 saturated carbocycles. The van der Waals surface area contributed by atoms with Crippen molar-refractivity contribution in [1.82, 2.24) is 5.32 Å². The number of halogens is 3. The summed E-state index contributed by atoms with van der Waals surface area (Å²) in [6.07, 6.45) is -0.349. The van der Waals surface area contributed by atoms with Crippen LogP contribution in [0.2, 0.25) is 0 Å². The van der Waals surface area contributed by atoms with Crippen molar-refractivity contribution in [2.24, 2.45) is 0 Å². The molecular weight excluding hydrogens is 453 g/mol. The van der Waals surface area contributed by atoms with Gasteiger partial charge in [0.2, 0.25) is 0 Å². The smallest absolute Gasteiger partial charge is 0.416 e. The highest BCUT2D eigenvalue weighted by Gasteiger charge is 2.37. The van der Waals surface area contributed by atoms with Crippen molar-refractivity contribution in [2.75, 3.05) is 4.90 Å². The van der Waals surface area contributed by atoms with Crippen LogP contribution in [-0.2, 0) is 11.0 Å². The Labute approximate surface area is 202 Å². The number of hydrogen-bond acceptors (Lipinski definition) is 3. The lowest BCUT2D eigenvalue weighted by molar-refractivity contribution is -0.137. The molecule has 1 aliphatic heterocycles. The Morgan fingerprint density at radius 3 is 2.34 bits per heavy atom. The summed E-state index contributed by atoms with van der Waals surface area (Å²) < 4.78 is 45.3. The van der Waals surface area contributed by atoms with Gasteiger partial charge in [0.1, 0.15) is 5.75 Å². The lowest BCUT2D eigenvalue weighted by Crippen LogP contribution is -2.33. The number of benzene rings is 3. The minimum Gasteiger partial charge on any atom is -0.490 e. The van der Waals surface area contributed by atoms with Gasteiger partial charge < -0.3 is 10.1 Å². The van der Waals surface area contributed by atoms with Crippen LogP contribution in [0, 0.1) is 0 Å². The van der Waals surface area contributed by atoms with E-state index in [-0.39, 0.29) is 18.1 Å². The number of hydrogen-bond donors (Lipinski definition) is 1. The van der Waals surface area contributed by atoms with Gasteiger partial charge in [0, 0.05) is 11.7 Å². The number of amides is 1. The van der Waals surface area contributed by atoms with Gasteiger partial charge >= 0.3 is 6.18 Å². The summed E-state index contributed by atoms with van der Waals surface area (Å²) >= 11 is 0. The van der Waals surface area contributed by atoms with Crippen LogP contribution in [0.3, 0.4) is 0 Å². The average Bonchev–Trinajstić information content (AvgIpc) is 3.61. The number of nitrogens with one attached hydrogen (secondary N) is 1. The quantitative estimate of drug-likeness (QED) is 0.418. The summed E-state index contributed by atoms with van der Waals surface area (Å²) in [5.74, 6) is 0.420. The highest BCUT2D eigenvalue weighted by molar-refractivity contribution is 6.08. The fourth-order valence-corrected chi connectivity index (χ4v) is 4.21. The van der Waals surface area contributed by atoms with Crippen molar-refractivity contribution in [3.8, 4) is 5.75 Å². The first-order valence-corrected chi connectivity index (χ1v) is 11.6. The van der Waals surface area contributed by atoms with E-state index in [4.69, 9.17) is 4.74 Å². The first-order valence-electron chi connectivity index (χ1n) is 11.6. The zero-order chi connectivity index (χ0) is 24.6. The zero-order valence-corrected chi connectivity index (χ0v) is 19.1. The van der Waals surface area contributed by atoms with Crippen LogP contribution in [0.25, 0.3) is 0 Å². The molecule has 1 fully saturated rings. The molecule has 0 spiro atoms. The van der Waals surface area contributed by atoms with E-state index >= 15 is 0 Å². The summed E-state index contributed by atoms with van der Waals surface area (Å²) in [6, 6.07) is 21.3. The monoisotopic (exact) mass is 478 g/mol. The summed E-state index contributed by atoms with van der Waals surface area (Å²) in [5, 5.41) is 3.30. The second-order valence-corrected chi connectivity index (χ2v) is 8.91. The molecule has 2 atom stereocenters. The number of nitrogens with zero attached hydrogens (tertiary/aromatic N) is 1. The molecule has 0 bridgehead atoms. The van der Waals surface area contributed by atoms with Gasteiger partial charge in [0.05, 0.1) is 23.4 Å². The number of rotatable bonds is 7. The molecule has 0 radical (unpaired) electrons. The van der Waals surface area contributed by atoms with Gasteiger partial charge in [-0.2, -0.15) is 13.2 Å². The third-order valence-electron chi connectivity index (χ3n) is 6.22. The van der Waals surface area contributed by atoms with E-state index in [1.54, 1.807) is 0 Å². The largest absolute Gasteiger partial charge is 0.490 e. The van der Waals surface area contributed by atoms with Gasteiger partial charge in [-0.15, -0.1) is 0 Å². The van der Waals surface area contributed by atoms with Gasteiger partial charge in [-0.1, -0.05) is 42.5 Å². The molecule has 0 aromatic heterocycles. The molecular formula is C28H25F3N2O2. The summed E-state index contributed by atoms with van der Waals surface area (Å²) in [5.41, 5.74) is 1.88. The van der Waals surface area contributed by atoms with Crippen LogP contribution in [0.4, 0.5) is 18.9 Å². The first-order chi connectivity index (χ1) is 16.8. The van der Waals surface area contributed by atoms with Crippen LogP contribution in [0.15, 0.2) is 90.6 Å². The maximum Gasteiger partial charge on any atom is 0.416 e. The van der Waals surface area contributed by atoms with E-state index in [1.807, 2.05) is 67.6 Å². The molecule has 2 aliphatic rings. The second kappa shape index (κ2) is 9.13. The lowest BCUT2D eigenvalue weighted by Gasteiger charge is -2.26. The minimum atomic E-state index is -4.45. The first kappa shape index (κ1) is 23.0. The Morgan fingerprint density at radius 2 is 1.69 bits per heavy atom. The fraction of sp³-hybridized carbons (Fsp3) is 0.250. The van der Waals surface area contributed by atoms with E-state index in [0.717, 1.165) is 41.9 Å². The van der Waals surface area contributed by atoms with Crippen LogP contribution in [0.5, 0.6) is 5.75 Å². The Bertz CT molecular complexity index is 1240. The van der Waals surface area contributed by atoms with Crippen LogP contribution in [-0.4, -0.2) is 12.0 Å². The molecule has 1 unspecified atom stereocenters. The predicted molar refractivity (Wildman–Crippen MR) is 128 cm³/mol. The SMILES string of the molecule is C[C@@H](NC1=CC(c2cccc(OC3CC3)c2)N(c2ccc(C(F)(F)F)cc2)C1=O)c1ccccc1. The fourth-order valence-electron chi connectivity index (χ4n) is 4.21. The van der Waals surface area contributed by atoms with E-state index in [2.05, 4.69) is 5.32 Å². The lowest BCUT2D eigenvalue weighted by atomic mass is 10.0. The van der Waals surface area contributed by atoms with Crippen molar-refractivity contribution in [3.63, 3.8) is 0 Å². The Morgan fingerprint density at radius 1 is 0.971 bits per heavy atom. The highest BCUT2D eigenvalue weighted by Crippen LogP contribution is 2.39. The van der Waals surface area contributed by atoms with E-state index in [0.29, 0.717) is 11.4 Å². The second-order valence-electron chi connectivity index (χ2n) is 8.91. The molecule has 5 rings (SSSR count). The van der Waals surface area contributed by atoms with Crippen molar-refractivity contribution in [3.05, 3.63) is 107 Å². The predicted octanol–water partition coefficient (Wildman–Crippen LogP) is 6.57. The summed E-state index contributed by atoms with van der Waals surface area (Å²) in [6.45, 7) is 1.96. The Balaban J connectivity index is 1.48. The van der Waals surface area contributed by atoms with E-state index in [9.17, 15) is 18.0 Å². The molecule has 1 N–H and O–H groups in total. The minimum absolute atomic E-state index is 0.135. The molecule has 3 aromatic carbocycles. The summed E-state index contributed by atoms with van der Waals surface area (Å²) in [4.78, 5) is 15.1. The van der Waals surface area contributed by atoms with Crippen molar-refractivity contribution < 1.29 is 22.7 Å². The van der Waals surface area contributed by atoms with Crippen LogP contribution < -0.4 is 15.0 Å². The van der Waals surface area contributed by atoms with Gasteiger partial charge in [0.15, 0.2) is 0 Å².